The number of nitrogens with one attached hydrogen (secondary N) is 1. The van der Waals surface area contributed by atoms with Crippen molar-refractivity contribution in [3.8, 4) is 0 Å². The minimum absolute atomic E-state index is 0.0226. The van der Waals surface area contributed by atoms with Gasteiger partial charge in [-0.1, -0.05) is 6.92 Å². The van der Waals surface area contributed by atoms with Crippen LogP contribution in [0.25, 0.3) is 0 Å². The summed E-state index contributed by atoms with van der Waals surface area (Å²) in [5.41, 5.74) is 4.69. The number of hydrogen-bond donors (Lipinski definition) is 2. The molecule has 4 nitrogen and oxygen atoms in total. The average molecular weight is 303 g/mol. The molecule has 0 amide bonds. The second kappa shape index (κ2) is 6.53. The first kappa shape index (κ1) is 15.9. The number of ether oxygens (including phenoxy) is 1. The molecule has 3 N–H and O–H groups in total. The fourth-order valence-corrected chi connectivity index (χ4v) is 2.33. The molecule has 1 aliphatic rings. The number of hydrogen-bond acceptors (Lipinski definition) is 4. The fraction of sp³-hybridized carbons (Fsp3) is 0.571. The van der Waals surface area contributed by atoms with Crippen molar-refractivity contribution in [2.45, 2.75) is 19.2 Å². The van der Waals surface area contributed by atoms with Gasteiger partial charge in [0, 0.05) is 31.0 Å². The van der Waals surface area contributed by atoms with Crippen LogP contribution in [-0.2, 0) is 10.9 Å². The molecule has 1 fully saturated rings. The van der Waals surface area contributed by atoms with Crippen LogP contribution in [-0.4, -0.2) is 43.8 Å². The van der Waals surface area contributed by atoms with Crippen LogP contribution in [0.5, 0.6) is 0 Å². The first-order valence-corrected chi connectivity index (χ1v) is 6.94. The van der Waals surface area contributed by atoms with Crippen LogP contribution in [0.4, 0.5) is 24.5 Å². The largest absolute Gasteiger partial charge is 0.418 e. The molecule has 1 aromatic carbocycles. The monoisotopic (exact) mass is 303 g/mol. The van der Waals surface area contributed by atoms with Crippen LogP contribution in [0, 0.1) is 0 Å². The van der Waals surface area contributed by atoms with Gasteiger partial charge in [-0.2, -0.15) is 13.2 Å². The quantitative estimate of drug-likeness (QED) is 0.839. The Hall–Kier alpha value is -1.47. The summed E-state index contributed by atoms with van der Waals surface area (Å²) in [5, 5.41) is 2.99. The topological polar surface area (TPSA) is 50.5 Å². The van der Waals surface area contributed by atoms with E-state index in [1.807, 2.05) is 0 Å². The second-order valence-electron chi connectivity index (χ2n) is 5.07. The first-order chi connectivity index (χ1) is 9.90. The highest BCUT2D eigenvalue weighted by Gasteiger charge is 2.33. The van der Waals surface area contributed by atoms with Gasteiger partial charge < -0.3 is 15.8 Å². The van der Waals surface area contributed by atoms with Gasteiger partial charge in [-0.25, -0.2) is 0 Å². The van der Waals surface area contributed by atoms with E-state index in [0.29, 0.717) is 18.8 Å². The highest BCUT2D eigenvalue weighted by atomic mass is 19.4. The van der Waals surface area contributed by atoms with Crippen LogP contribution in [0.1, 0.15) is 12.5 Å². The summed E-state index contributed by atoms with van der Waals surface area (Å²) in [5.74, 6) is 0. The number of alkyl halides is 3. The van der Waals surface area contributed by atoms with Gasteiger partial charge in [-0.3, -0.25) is 4.90 Å². The number of nitrogens with zero attached hydrogens (tertiary/aromatic N) is 1. The van der Waals surface area contributed by atoms with Crippen molar-refractivity contribution in [1.82, 2.24) is 4.90 Å². The molecule has 118 valence electrons. The number of nitrogen functional groups attached to an aromatic ring is 1. The molecule has 0 radical (unpaired) electrons. The van der Waals surface area contributed by atoms with Gasteiger partial charge in [-0.05, 0) is 24.7 Å². The molecule has 1 atom stereocenters. The van der Waals surface area contributed by atoms with Crippen molar-refractivity contribution in [2.75, 3.05) is 43.8 Å². The lowest BCUT2D eigenvalue weighted by Crippen LogP contribution is -2.45. The standard InChI is InChI=1S/C14H20F3N3O/c1-2-20-5-6-21-11(9-20)8-19-10-3-4-13(18)12(7-10)14(15,16)17/h3-4,7,11,19H,2,5-6,8-9,18H2,1H3. The van der Waals surface area contributed by atoms with E-state index in [2.05, 4.69) is 17.1 Å². The summed E-state index contributed by atoms with van der Waals surface area (Å²) >= 11 is 0. The zero-order valence-corrected chi connectivity index (χ0v) is 11.9. The minimum Gasteiger partial charge on any atom is -0.398 e. The molecule has 0 bridgehead atoms. The number of likely N-dealkylation sites (N-methyl/N-ethyl adjacent to an activating group) is 1. The lowest BCUT2D eigenvalue weighted by atomic mass is 10.1. The van der Waals surface area contributed by atoms with Crippen molar-refractivity contribution in [3.05, 3.63) is 23.8 Å². The molecule has 1 unspecified atom stereocenters. The van der Waals surface area contributed by atoms with Crippen LogP contribution < -0.4 is 11.1 Å². The van der Waals surface area contributed by atoms with Crippen LogP contribution in [0.2, 0.25) is 0 Å². The first-order valence-electron chi connectivity index (χ1n) is 6.94. The third-order valence-corrected chi connectivity index (χ3v) is 3.56. The van der Waals surface area contributed by atoms with E-state index in [-0.39, 0.29) is 11.8 Å². The Morgan fingerprint density at radius 1 is 1.43 bits per heavy atom. The molecule has 1 saturated heterocycles. The summed E-state index contributed by atoms with van der Waals surface area (Å²) in [7, 11) is 0. The van der Waals surface area contributed by atoms with Gasteiger partial charge in [0.05, 0.1) is 18.3 Å². The van der Waals surface area contributed by atoms with E-state index in [1.165, 1.54) is 6.07 Å². The fourth-order valence-electron chi connectivity index (χ4n) is 2.33. The van der Waals surface area contributed by atoms with Gasteiger partial charge in [0.15, 0.2) is 0 Å². The second-order valence-corrected chi connectivity index (χ2v) is 5.07. The molecule has 0 aromatic heterocycles. The van der Waals surface area contributed by atoms with Crippen LogP contribution >= 0.6 is 0 Å². The number of halogens is 3. The molecular formula is C14H20F3N3O. The molecule has 1 aromatic rings. The SMILES string of the molecule is CCN1CCOC(CNc2ccc(N)c(C(F)(F)F)c2)C1. The third kappa shape index (κ3) is 4.25. The zero-order chi connectivity index (χ0) is 15.5. The maximum Gasteiger partial charge on any atom is 0.418 e. The number of anilines is 2. The molecule has 0 saturated carbocycles. The summed E-state index contributed by atoms with van der Waals surface area (Å²) in [4.78, 5) is 2.25. The van der Waals surface area contributed by atoms with E-state index in [0.717, 1.165) is 25.7 Å². The Morgan fingerprint density at radius 2 is 2.19 bits per heavy atom. The molecule has 7 heteroatoms. The highest BCUT2D eigenvalue weighted by molar-refractivity contribution is 5.58. The highest BCUT2D eigenvalue weighted by Crippen LogP contribution is 2.35. The Bertz CT molecular complexity index is 479. The van der Waals surface area contributed by atoms with Crippen LogP contribution in [0.15, 0.2) is 18.2 Å². The smallest absolute Gasteiger partial charge is 0.398 e. The molecule has 0 spiro atoms. The van der Waals surface area contributed by atoms with Gasteiger partial charge in [0.1, 0.15) is 0 Å². The molecule has 0 aliphatic carbocycles. The Kier molecular flexibility index (Phi) is 4.95. The summed E-state index contributed by atoms with van der Waals surface area (Å²) in [6, 6.07) is 3.85. The summed E-state index contributed by atoms with van der Waals surface area (Å²) < 4.78 is 43.9. The van der Waals surface area contributed by atoms with Crippen molar-refractivity contribution in [3.63, 3.8) is 0 Å². The lowest BCUT2D eigenvalue weighted by Gasteiger charge is -2.32. The summed E-state index contributed by atoms with van der Waals surface area (Å²) in [6.45, 7) is 5.82. The molecule has 2 rings (SSSR count). The van der Waals surface area contributed by atoms with E-state index in [4.69, 9.17) is 10.5 Å². The molecule has 1 heterocycles. The van der Waals surface area contributed by atoms with Gasteiger partial charge in [0.25, 0.3) is 0 Å². The predicted molar refractivity (Wildman–Crippen MR) is 76.2 cm³/mol. The number of benzene rings is 1. The third-order valence-electron chi connectivity index (χ3n) is 3.56. The Labute approximate surface area is 122 Å². The zero-order valence-electron chi connectivity index (χ0n) is 11.9. The van der Waals surface area contributed by atoms with Gasteiger partial charge in [0.2, 0.25) is 0 Å². The van der Waals surface area contributed by atoms with Crippen LogP contribution in [0.3, 0.4) is 0 Å². The van der Waals surface area contributed by atoms with E-state index < -0.39 is 11.7 Å². The molecule has 1 aliphatic heterocycles. The van der Waals surface area contributed by atoms with Gasteiger partial charge >= 0.3 is 6.18 Å². The lowest BCUT2D eigenvalue weighted by molar-refractivity contribution is -0.136. The maximum absolute atomic E-state index is 12.8. The number of morpholine rings is 1. The normalized spacial score (nSPS) is 20.5. The number of nitrogens with two attached hydrogens (primary N) is 1. The van der Waals surface area contributed by atoms with Crippen molar-refractivity contribution in [1.29, 1.82) is 0 Å². The Morgan fingerprint density at radius 3 is 2.86 bits per heavy atom. The maximum atomic E-state index is 12.8. The summed E-state index contributed by atoms with van der Waals surface area (Å²) in [6.07, 6.45) is -4.46. The molecular weight excluding hydrogens is 283 g/mol. The number of rotatable bonds is 4. The van der Waals surface area contributed by atoms with Crippen molar-refractivity contribution >= 4 is 11.4 Å². The predicted octanol–water partition coefficient (Wildman–Crippen LogP) is 2.42. The van der Waals surface area contributed by atoms with E-state index >= 15 is 0 Å². The average Bonchev–Trinajstić information content (AvgIpc) is 2.45. The van der Waals surface area contributed by atoms with E-state index in [9.17, 15) is 13.2 Å². The molecule has 21 heavy (non-hydrogen) atoms. The van der Waals surface area contributed by atoms with E-state index in [1.54, 1.807) is 6.07 Å². The minimum atomic E-state index is -4.44. The van der Waals surface area contributed by atoms with Crippen molar-refractivity contribution in [2.24, 2.45) is 0 Å². The van der Waals surface area contributed by atoms with Crippen molar-refractivity contribution < 1.29 is 17.9 Å². The van der Waals surface area contributed by atoms with Gasteiger partial charge in [-0.15, -0.1) is 0 Å². The Balaban J connectivity index is 1.97.